The highest BCUT2D eigenvalue weighted by Crippen LogP contribution is 2.15. The van der Waals surface area contributed by atoms with Crippen molar-refractivity contribution < 1.29 is 9.66 Å². The largest absolute Gasteiger partial charge is 0.493 e. The van der Waals surface area contributed by atoms with Gasteiger partial charge in [0.25, 0.3) is 5.69 Å². The minimum absolute atomic E-state index is 0.113. The molecule has 0 bridgehead atoms. The quantitative estimate of drug-likeness (QED) is 0.458. The van der Waals surface area contributed by atoms with Crippen molar-refractivity contribution in [2.75, 3.05) is 6.61 Å². The van der Waals surface area contributed by atoms with Gasteiger partial charge in [0.05, 0.1) is 11.5 Å². The first-order valence-corrected chi connectivity index (χ1v) is 6.85. The van der Waals surface area contributed by atoms with Crippen LogP contribution in [0.15, 0.2) is 48.5 Å². The SMILES string of the molecule is O=[N+]([O-])c1ccc(CCOc2ccc(I)cc2)cc1. The maximum Gasteiger partial charge on any atom is 0.269 e. The minimum Gasteiger partial charge on any atom is -0.493 e. The molecule has 19 heavy (non-hydrogen) atoms. The first-order chi connectivity index (χ1) is 9.15. The van der Waals surface area contributed by atoms with Gasteiger partial charge in [-0.05, 0) is 52.4 Å². The number of nitro groups is 1. The fraction of sp³-hybridized carbons (Fsp3) is 0.143. The van der Waals surface area contributed by atoms with E-state index < -0.39 is 4.92 Å². The molecule has 5 heteroatoms. The summed E-state index contributed by atoms with van der Waals surface area (Å²) < 4.78 is 6.77. The Labute approximate surface area is 124 Å². The number of hydrogen-bond donors (Lipinski definition) is 0. The number of ether oxygens (including phenoxy) is 1. The molecule has 2 rings (SSSR count). The lowest BCUT2D eigenvalue weighted by atomic mass is 10.1. The van der Waals surface area contributed by atoms with Crippen molar-refractivity contribution in [2.45, 2.75) is 6.42 Å². The van der Waals surface area contributed by atoms with Gasteiger partial charge >= 0.3 is 0 Å². The molecule has 0 spiro atoms. The summed E-state index contributed by atoms with van der Waals surface area (Å²) in [5, 5.41) is 10.5. The second-order valence-corrected chi connectivity index (χ2v) is 5.22. The molecule has 0 aliphatic carbocycles. The number of halogens is 1. The van der Waals surface area contributed by atoms with E-state index in [-0.39, 0.29) is 5.69 Å². The highest BCUT2D eigenvalue weighted by atomic mass is 127. The van der Waals surface area contributed by atoms with Crippen LogP contribution in [-0.2, 0) is 6.42 Å². The maximum atomic E-state index is 10.5. The van der Waals surface area contributed by atoms with Crippen LogP contribution in [-0.4, -0.2) is 11.5 Å². The van der Waals surface area contributed by atoms with Gasteiger partial charge in [-0.3, -0.25) is 10.1 Å². The number of nitro benzene ring substituents is 1. The zero-order valence-electron chi connectivity index (χ0n) is 10.1. The second kappa shape index (κ2) is 6.51. The van der Waals surface area contributed by atoms with E-state index >= 15 is 0 Å². The normalized spacial score (nSPS) is 10.2. The smallest absolute Gasteiger partial charge is 0.269 e. The summed E-state index contributed by atoms with van der Waals surface area (Å²) in [5.41, 5.74) is 1.14. The molecule has 2 aromatic carbocycles. The molecule has 0 atom stereocenters. The van der Waals surface area contributed by atoms with Gasteiger partial charge in [0.2, 0.25) is 0 Å². The molecule has 0 heterocycles. The molecule has 0 fully saturated rings. The average molecular weight is 369 g/mol. The summed E-state index contributed by atoms with van der Waals surface area (Å²) in [5.74, 6) is 0.835. The van der Waals surface area contributed by atoms with Crippen LogP contribution in [0.25, 0.3) is 0 Å². The number of rotatable bonds is 5. The molecule has 0 aliphatic rings. The Hall–Kier alpha value is -1.63. The van der Waals surface area contributed by atoms with Crippen LogP contribution in [0.5, 0.6) is 5.75 Å². The zero-order valence-corrected chi connectivity index (χ0v) is 12.2. The Kier molecular flexibility index (Phi) is 4.73. The first-order valence-electron chi connectivity index (χ1n) is 5.77. The van der Waals surface area contributed by atoms with Crippen molar-refractivity contribution in [1.82, 2.24) is 0 Å². The number of benzene rings is 2. The topological polar surface area (TPSA) is 52.4 Å². The molecule has 0 saturated heterocycles. The van der Waals surface area contributed by atoms with Gasteiger partial charge < -0.3 is 4.74 Å². The maximum absolute atomic E-state index is 10.5. The highest BCUT2D eigenvalue weighted by molar-refractivity contribution is 14.1. The monoisotopic (exact) mass is 369 g/mol. The average Bonchev–Trinajstić information content (AvgIpc) is 2.41. The summed E-state index contributed by atoms with van der Waals surface area (Å²) in [7, 11) is 0. The molecule has 0 saturated carbocycles. The molecule has 0 unspecified atom stereocenters. The van der Waals surface area contributed by atoms with Crippen molar-refractivity contribution in [3.63, 3.8) is 0 Å². The summed E-state index contributed by atoms with van der Waals surface area (Å²) in [4.78, 5) is 10.1. The number of nitrogens with zero attached hydrogens (tertiary/aromatic N) is 1. The standard InChI is InChI=1S/C14H12INO3/c15-12-3-7-14(8-4-12)19-10-9-11-1-5-13(6-2-11)16(17)18/h1-8H,9-10H2. The van der Waals surface area contributed by atoms with Gasteiger partial charge in [0.15, 0.2) is 0 Å². The van der Waals surface area contributed by atoms with Gasteiger partial charge in [0.1, 0.15) is 5.75 Å². The third-order valence-corrected chi connectivity index (χ3v) is 3.34. The van der Waals surface area contributed by atoms with Gasteiger partial charge in [0, 0.05) is 22.1 Å². The summed E-state index contributed by atoms with van der Waals surface area (Å²) in [6, 6.07) is 14.4. The molecule has 0 radical (unpaired) electrons. The molecule has 98 valence electrons. The molecule has 0 aromatic heterocycles. The lowest BCUT2D eigenvalue weighted by molar-refractivity contribution is -0.384. The predicted molar refractivity (Wildman–Crippen MR) is 81.5 cm³/mol. The fourth-order valence-corrected chi connectivity index (χ4v) is 1.96. The van der Waals surface area contributed by atoms with Crippen LogP contribution in [0.4, 0.5) is 5.69 Å². The third-order valence-electron chi connectivity index (χ3n) is 2.62. The van der Waals surface area contributed by atoms with E-state index in [1.54, 1.807) is 12.1 Å². The summed E-state index contributed by atoms with van der Waals surface area (Å²) in [6.07, 6.45) is 0.726. The highest BCUT2D eigenvalue weighted by Gasteiger charge is 2.03. The van der Waals surface area contributed by atoms with Crippen molar-refractivity contribution in [3.05, 3.63) is 67.8 Å². The number of hydrogen-bond acceptors (Lipinski definition) is 3. The van der Waals surface area contributed by atoms with Crippen LogP contribution < -0.4 is 4.74 Å². The Morgan fingerprint density at radius 2 is 1.68 bits per heavy atom. The van der Waals surface area contributed by atoms with E-state index in [4.69, 9.17) is 4.74 Å². The lowest BCUT2D eigenvalue weighted by Gasteiger charge is -2.06. The van der Waals surface area contributed by atoms with E-state index in [9.17, 15) is 10.1 Å². The zero-order chi connectivity index (χ0) is 13.7. The second-order valence-electron chi connectivity index (χ2n) is 3.98. The molecule has 0 amide bonds. The van der Waals surface area contributed by atoms with Crippen LogP contribution in [0.1, 0.15) is 5.56 Å². The number of non-ortho nitro benzene ring substituents is 1. The molecule has 0 aliphatic heterocycles. The third kappa shape index (κ3) is 4.20. The van der Waals surface area contributed by atoms with Gasteiger partial charge in [-0.25, -0.2) is 0 Å². The molecule has 2 aromatic rings. The lowest BCUT2D eigenvalue weighted by Crippen LogP contribution is -2.01. The molecule has 0 N–H and O–H groups in total. The van der Waals surface area contributed by atoms with Crippen molar-refractivity contribution in [1.29, 1.82) is 0 Å². The van der Waals surface area contributed by atoms with Crippen LogP contribution >= 0.6 is 22.6 Å². The van der Waals surface area contributed by atoms with Crippen LogP contribution in [0.2, 0.25) is 0 Å². The Morgan fingerprint density at radius 1 is 1.05 bits per heavy atom. The Morgan fingerprint density at radius 3 is 2.26 bits per heavy atom. The molecular formula is C14H12INO3. The van der Waals surface area contributed by atoms with Crippen molar-refractivity contribution in [2.24, 2.45) is 0 Å². The fourth-order valence-electron chi connectivity index (χ4n) is 1.60. The molecular weight excluding hydrogens is 357 g/mol. The summed E-state index contributed by atoms with van der Waals surface area (Å²) in [6.45, 7) is 0.554. The van der Waals surface area contributed by atoms with E-state index in [0.717, 1.165) is 17.7 Å². The Bertz CT molecular complexity index is 552. The van der Waals surface area contributed by atoms with Crippen molar-refractivity contribution in [3.8, 4) is 5.75 Å². The van der Waals surface area contributed by atoms with E-state index in [1.807, 2.05) is 24.3 Å². The first kappa shape index (κ1) is 13.8. The summed E-state index contributed by atoms with van der Waals surface area (Å²) >= 11 is 2.24. The van der Waals surface area contributed by atoms with Crippen LogP contribution in [0.3, 0.4) is 0 Å². The molecule has 4 nitrogen and oxygen atoms in total. The van der Waals surface area contributed by atoms with E-state index in [0.29, 0.717) is 6.61 Å². The van der Waals surface area contributed by atoms with E-state index in [2.05, 4.69) is 22.6 Å². The van der Waals surface area contributed by atoms with E-state index in [1.165, 1.54) is 15.7 Å². The predicted octanol–water partition coefficient (Wildman–Crippen LogP) is 3.82. The van der Waals surface area contributed by atoms with Gasteiger partial charge in [-0.15, -0.1) is 0 Å². The Balaban J connectivity index is 1.85. The van der Waals surface area contributed by atoms with Crippen LogP contribution in [0, 0.1) is 13.7 Å². The van der Waals surface area contributed by atoms with Gasteiger partial charge in [-0.1, -0.05) is 12.1 Å². The van der Waals surface area contributed by atoms with Crippen molar-refractivity contribution >= 4 is 28.3 Å². The van der Waals surface area contributed by atoms with Gasteiger partial charge in [-0.2, -0.15) is 0 Å². The minimum atomic E-state index is -0.397.